The molecule has 1 spiro atoms. The second-order valence-electron chi connectivity index (χ2n) is 8.84. The standard InChI is InChI=1S/C22H33N3O/c1-17-4-5-20(14-18(17)2)15-24-10-8-22(9-11-24)21(26)23(3)12-13-25(22)16-19-6-7-19/h4-5,14,19H,6-13,15-16H2,1-3H3. The Morgan fingerprint density at radius 2 is 1.77 bits per heavy atom. The van der Waals surface area contributed by atoms with E-state index in [0.29, 0.717) is 5.91 Å². The van der Waals surface area contributed by atoms with Crippen molar-refractivity contribution in [1.82, 2.24) is 14.7 Å². The van der Waals surface area contributed by atoms with Gasteiger partial charge in [-0.25, -0.2) is 0 Å². The number of hydrogen-bond donors (Lipinski definition) is 0. The minimum Gasteiger partial charge on any atom is -0.343 e. The fraction of sp³-hybridized carbons (Fsp3) is 0.682. The first-order valence-electron chi connectivity index (χ1n) is 10.3. The lowest BCUT2D eigenvalue weighted by atomic mass is 9.82. The number of benzene rings is 1. The summed E-state index contributed by atoms with van der Waals surface area (Å²) in [6.45, 7) is 10.5. The molecule has 0 bridgehead atoms. The molecule has 0 radical (unpaired) electrons. The summed E-state index contributed by atoms with van der Waals surface area (Å²) in [6.07, 6.45) is 4.67. The van der Waals surface area contributed by atoms with Crippen molar-refractivity contribution in [2.75, 3.05) is 39.8 Å². The highest BCUT2D eigenvalue weighted by Crippen LogP contribution is 2.38. The largest absolute Gasteiger partial charge is 0.343 e. The number of hydrogen-bond acceptors (Lipinski definition) is 3. The molecular weight excluding hydrogens is 322 g/mol. The van der Waals surface area contributed by atoms with Crippen molar-refractivity contribution in [3.05, 3.63) is 34.9 Å². The van der Waals surface area contributed by atoms with Crippen LogP contribution in [0.2, 0.25) is 0 Å². The van der Waals surface area contributed by atoms with Crippen molar-refractivity contribution in [1.29, 1.82) is 0 Å². The molecule has 26 heavy (non-hydrogen) atoms. The summed E-state index contributed by atoms with van der Waals surface area (Å²) in [6, 6.07) is 6.80. The number of piperazine rings is 1. The number of aryl methyl sites for hydroxylation is 2. The summed E-state index contributed by atoms with van der Waals surface area (Å²) in [7, 11) is 1.99. The van der Waals surface area contributed by atoms with E-state index < -0.39 is 0 Å². The first-order chi connectivity index (χ1) is 12.5. The van der Waals surface area contributed by atoms with Gasteiger partial charge in [-0.3, -0.25) is 14.6 Å². The molecule has 0 atom stereocenters. The van der Waals surface area contributed by atoms with Crippen molar-refractivity contribution in [2.45, 2.75) is 51.6 Å². The fourth-order valence-corrected chi connectivity index (χ4v) is 4.73. The molecule has 3 fully saturated rings. The first kappa shape index (κ1) is 18.0. The third-order valence-electron chi connectivity index (χ3n) is 6.89. The predicted molar refractivity (Wildman–Crippen MR) is 105 cm³/mol. The van der Waals surface area contributed by atoms with Crippen molar-refractivity contribution in [2.24, 2.45) is 5.92 Å². The first-order valence-corrected chi connectivity index (χ1v) is 10.3. The van der Waals surface area contributed by atoms with Crippen molar-refractivity contribution in [3.8, 4) is 0 Å². The zero-order valence-electron chi connectivity index (χ0n) is 16.6. The molecule has 2 aliphatic heterocycles. The van der Waals surface area contributed by atoms with Gasteiger partial charge >= 0.3 is 0 Å². The van der Waals surface area contributed by atoms with E-state index in [2.05, 4.69) is 41.8 Å². The number of amides is 1. The van der Waals surface area contributed by atoms with Crippen LogP contribution in [0.15, 0.2) is 18.2 Å². The van der Waals surface area contributed by atoms with E-state index in [1.165, 1.54) is 29.5 Å². The van der Waals surface area contributed by atoms with Gasteiger partial charge in [0, 0.05) is 46.3 Å². The normalized spacial score (nSPS) is 24.4. The molecule has 142 valence electrons. The van der Waals surface area contributed by atoms with E-state index in [0.717, 1.165) is 58.0 Å². The molecule has 0 aromatic heterocycles. The second kappa shape index (κ2) is 6.97. The Morgan fingerprint density at radius 1 is 1.04 bits per heavy atom. The van der Waals surface area contributed by atoms with Crippen LogP contribution >= 0.6 is 0 Å². The lowest BCUT2D eigenvalue weighted by Gasteiger charge is -2.52. The zero-order valence-corrected chi connectivity index (χ0v) is 16.6. The second-order valence-corrected chi connectivity index (χ2v) is 8.84. The Hall–Kier alpha value is -1.39. The minimum absolute atomic E-state index is 0.227. The van der Waals surface area contributed by atoms with Gasteiger partial charge < -0.3 is 4.90 Å². The molecule has 2 saturated heterocycles. The van der Waals surface area contributed by atoms with E-state index >= 15 is 0 Å². The van der Waals surface area contributed by atoms with Crippen LogP contribution in [0.3, 0.4) is 0 Å². The molecule has 2 heterocycles. The topological polar surface area (TPSA) is 26.8 Å². The number of rotatable bonds is 4. The minimum atomic E-state index is -0.227. The highest BCUT2D eigenvalue weighted by molar-refractivity contribution is 5.87. The molecule has 4 heteroatoms. The average Bonchev–Trinajstić information content (AvgIpc) is 3.45. The number of carbonyl (C=O) groups is 1. The van der Waals surface area contributed by atoms with Crippen LogP contribution in [0, 0.1) is 19.8 Å². The van der Waals surface area contributed by atoms with E-state index in [9.17, 15) is 4.79 Å². The third-order valence-corrected chi connectivity index (χ3v) is 6.89. The van der Waals surface area contributed by atoms with Gasteiger partial charge in [-0.1, -0.05) is 18.2 Å². The molecule has 3 aliphatic rings. The quantitative estimate of drug-likeness (QED) is 0.831. The van der Waals surface area contributed by atoms with E-state index in [-0.39, 0.29) is 5.54 Å². The van der Waals surface area contributed by atoms with Gasteiger partial charge in [0.05, 0.1) is 0 Å². The van der Waals surface area contributed by atoms with Gasteiger partial charge in [-0.15, -0.1) is 0 Å². The third kappa shape index (κ3) is 3.41. The molecular formula is C22H33N3O. The number of likely N-dealkylation sites (N-methyl/N-ethyl adjacent to an activating group) is 1. The number of carbonyl (C=O) groups excluding carboxylic acids is 1. The van der Waals surface area contributed by atoms with Gasteiger partial charge in [0.25, 0.3) is 0 Å². The highest BCUT2D eigenvalue weighted by atomic mass is 16.2. The van der Waals surface area contributed by atoms with E-state index in [4.69, 9.17) is 0 Å². The summed E-state index contributed by atoms with van der Waals surface area (Å²) in [5.41, 5.74) is 3.90. The summed E-state index contributed by atoms with van der Waals surface area (Å²) in [5.74, 6) is 1.21. The summed E-state index contributed by atoms with van der Waals surface area (Å²) >= 11 is 0. The van der Waals surface area contributed by atoms with Gasteiger partial charge in [0.2, 0.25) is 5.91 Å². The number of nitrogens with zero attached hydrogens (tertiary/aromatic N) is 3. The fourth-order valence-electron chi connectivity index (χ4n) is 4.73. The van der Waals surface area contributed by atoms with Gasteiger partial charge in [0.15, 0.2) is 0 Å². The van der Waals surface area contributed by atoms with Crippen LogP contribution in [-0.4, -0.2) is 65.9 Å². The average molecular weight is 356 g/mol. The Bertz CT molecular complexity index is 674. The zero-order chi connectivity index (χ0) is 18.3. The van der Waals surface area contributed by atoms with Crippen molar-refractivity contribution >= 4 is 5.91 Å². The van der Waals surface area contributed by atoms with Crippen LogP contribution in [0.1, 0.15) is 42.4 Å². The van der Waals surface area contributed by atoms with Crippen LogP contribution in [-0.2, 0) is 11.3 Å². The molecule has 0 unspecified atom stereocenters. The summed E-state index contributed by atoms with van der Waals surface area (Å²) in [4.78, 5) is 20.2. The molecule has 4 rings (SSSR count). The maximum atomic E-state index is 13.1. The Balaban J connectivity index is 1.44. The Labute approximate surface area is 158 Å². The molecule has 1 amide bonds. The van der Waals surface area contributed by atoms with E-state index in [1.807, 2.05) is 11.9 Å². The maximum absolute atomic E-state index is 13.1. The molecule has 1 saturated carbocycles. The number of piperidine rings is 1. The van der Waals surface area contributed by atoms with Crippen LogP contribution < -0.4 is 0 Å². The summed E-state index contributed by atoms with van der Waals surface area (Å²) in [5, 5.41) is 0. The van der Waals surface area contributed by atoms with Crippen LogP contribution in [0.4, 0.5) is 0 Å². The smallest absolute Gasteiger partial charge is 0.242 e. The highest BCUT2D eigenvalue weighted by Gasteiger charge is 2.50. The maximum Gasteiger partial charge on any atom is 0.242 e. The van der Waals surface area contributed by atoms with Gasteiger partial charge in [-0.2, -0.15) is 0 Å². The van der Waals surface area contributed by atoms with Crippen LogP contribution in [0.5, 0.6) is 0 Å². The van der Waals surface area contributed by atoms with Crippen LogP contribution in [0.25, 0.3) is 0 Å². The Morgan fingerprint density at radius 3 is 2.42 bits per heavy atom. The lowest BCUT2D eigenvalue weighted by molar-refractivity contribution is -0.154. The van der Waals surface area contributed by atoms with Gasteiger partial charge in [-0.05, 0) is 62.1 Å². The van der Waals surface area contributed by atoms with Gasteiger partial charge in [0.1, 0.15) is 5.54 Å². The summed E-state index contributed by atoms with van der Waals surface area (Å²) < 4.78 is 0. The Kier molecular flexibility index (Phi) is 4.83. The molecule has 1 aromatic rings. The predicted octanol–water partition coefficient (Wildman–Crippen LogP) is 2.82. The van der Waals surface area contributed by atoms with E-state index in [1.54, 1.807) is 0 Å². The van der Waals surface area contributed by atoms with Crippen molar-refractivity contribution < 1.29 is 4.79 Å². The monoisotopic (exact) mass is 355 g/mol. The number of likely N-dealkylation sites (tertiary alicyclic amines) is 1. The SMILES string of the molecule is Cc1ccc(CN2CCC3(CC2)C(=O)N(C)CCN3CC2CC2)cc1C. The molecule has 1 aromatic carbocycles. The molecule has 0 N–H and O–H groups in total. The molecule has 1 aliphatic carbocycles. The van der Waals surface area contributed by atoms with Crippen molar-refractivity contribution in [3.63, 3.8) is 0 Å². The molecule has 4 nitrogen and oxygen atoms in total. The lowest BCUT2D eigenvalue weighted by Crippen LogP contribution is -2.68.